The van der Waals surface area contributed by atoms with E-state index in [9.17, 15) is 4.79 Å². The number of rotatable bonds is 11. The second-order valence-corrected chi connectivity index (χ2v) is 10.0. The lowest BCUT2D eigenvalue weighted by Crippen LogP contribution is -2.40. The van der Waals surface area contributed by atoms with Crippen molar-refractivity contribution in [2.24, 2.45) is 5.92 Å². The molecule has 4 aromatic rings. The molecular formula is C28H29Cl2N5O2. The Bertz CT molecular complexity index is 1310. The van der Waals surface area contributed by atoms with Gasteiger partial charge in [-0.1, -0.05) is 61.3 Å². The van der Waals surface area contributed by atoms with Crippen molar-refractivity contribution in [3.8, 4) is 11.3 Å². The molecule has 0 radical (unpaired) electrons. The van der Waals surface area contributed by atoms with E-state index in [2.05, 4.69) is 39.8 Å². The van der Waals surface area contributed by atoms with Gasteiger partial charge in [0.05, 0.1) is 18.2 Å². The SMILES string of the molecule is CC(C)C[C@@H](Nc1cc(-c2ccoc2)nc(NCc2cccc(Cl)c2)n1)C(=O)NCc1ccc(Cl)cc1. The number of nitrogens with one attached hydrogen (secondary N) is 3. The highest BCUT2D eigenvalue weighted by Gasteiger charge is 2.21. The van der Waals surface area contributed by atoms with Crippen LogP contribution in [0.2, 0.25) is 10.0 Å². The summed E-state index contributed by atoms with van der Waals surface area (Å²) in [5, 5.41) is 10.9. The summed E-state index contributed by atoms with van der Waals surface area (Å²) >= 11 is 12.1. The van der Waals surface area contributed by atoms with Crippen LogP contribution in [0.4, 0.5) is 11.8 Å². The van der Waals surface area contributed by atoms with E-state index in [1.54, 1.807) is 12.5 Å². The molecule has 37 heavy (non-hydrogen) atoms. The lowest BCUT2D eigenvalue weighted by Gasteiger charge is -2.21. The molecule has 0 aliphatic carbocycles. The molecule has 3 N–H and O–H groups in total. The average Bonchev–Trinajstić information content (AvgIpc) is 3.42. The summed E-state index contributed by atoms with van der Waals surface area (Å²) in [6.45, 7) is 5.06. The summed E-state index contributed by atoms with van der Waals surface area (Å²) in [5.74, 6) is 1.13. The summed E-state index contributed by atoms with van der Waals surface area (Å²) in [7, 11) is 0. The van der Waals surface area contributed by atoms with Crippen LogP contribution >= 0.6 is 23.2 Å². The Morgan fingerprint density at radius 1 is 0.946 bits per heavy atom. The Morgan fingerprint density at radius 2 is 1.76 bits per heavy atom. The lowest BCUT2D eigenvalue weighted by molar-refractivity contribution is -0.122. The molecule has 9 heteroatoms. The summed E-state index contributed by atoms with van der Waals surface area (Å²) in [6, 6.07) is 18.2. The first kappa shape index (κ1) is 26.5. The van der Waals surface area contributed by atoms with E-state index < -0.39 is 6.04 Å². The molecular weight excluding hydrogens is 509 g/mol. The van der Waals surface area contributed by atoms with E-state index >= 15 is 0 Å². The lowest BCUT2D eigenvalue weighted by atomic mass is 10.0. The molecule has 0 spiro atoms. The zero-order valence-corrected chi connectivity index (χ0v) is 22.2. The Labute approximate surface area is 226 Å². The maximum absolute atomic E-state index is 13.2. The van der Waals surface area contributed by atoms with Gasteiger partial charge in [0.15, 0.2) is 0 Å². The fraction of sp³-hybridized carbons (Fsp3) is 0.250. The second kappa shape index (κ2) is 12.6. The number of halogens is 2. The Morgan fingerprint density at radius 3 is 2.46 bits per heavy atom. The van der Waals surface area contributed by atoms with Crippen LogP contribution in [0.5, 0.6) is 0 Å². The number of hydrogen-bond acceptors (Lipinski definition) is 6. The third-order valence-corrected chi connectivity index (χ3v) is 6.10. The normalized spacial score (nSPS) is 11.8. The van der Waals surface area contributed by atoms with Crippen molar-refractivity contribution >= 4 is 40.9 Å². The zero-order chi connectivity index (χ0) is 26.2. The van der Waals surface area contributed by atoms with Crippen LogP contribution in [-0.4, -0.2) is 21.9 Å². The predicted octanol–water partition coefficient (Wildman–Crippen LogP) is 6.80. The number of benzene rings is 2. The Hall–Kier alpha value is -3.55. The van der Waals surface area contributed by atoms with E-state index in [0.29, 0.717) is 47.0 Å². The quantitative estimate of drug-likeness (QED) is 0.195. The summed E-state index contributed by atoms with van der Waals surface area (Å²) in [4.78, 5) is 22.5. The molecule has 0 aliphatic heterocycles. The molecule has 0 unspecified atom stereocenters. The third-order valence-electron chi connectivity index (χ3n) is 5.61. The van der Waals surface area contributed by atoms with E-state index in [1.807, 2.05) is 60.7 Å². The highest BCUT2D eigenvalue weighted by molar-refractivity contribution is 6.30. The first-order valence-corrected chi connectivity index (χ1v) is 12.8. The molecule has 0 aliphatic rings. The van der Waals surface area contributed by atoms with Crippen LogP contribution in [0.15, 0.2) is 77.6 Å². The fourth-order valence-corrected chi connectivity index (χ4v) is 4.12. The van der Waals surface area contributed by atoms with Crippen LogP contribution in [0.3, 0.4) is 0 Å². The van der Waals surface area contributed by atoms with Crippen molar-refractivity contribution in [3.05, 3.63) is 94.4 Å². The molecule has 1 amide bonds. The van der Waals surface area contributed by atoms with Crippen molar-refractivity contribution in [2.45, 2.75) is 39.4 Å². The fourth-order valence-electron chi connectivity index (χ4n) is 3.78. The maximum Gasteiger partial charge on any atom is 0.242 e. The van der Waals surface area contributed by atoms with Crippen LogP contribution in [-0.2, 0) is 17.9 Å². The zero-order valence-electron chi connectivity index (χ0n) is 20.7. The van der Waals surface area contributed by atoms with Gasteiger partial charge < -0.3 is 20.4 Å². The maximum atomic E-state index is 13.2. The monoisotopic (exact) mass is 537 g/mol. The molecule has 2 aromatic heterocycles. The molecule has 7 nitrogen and oxygen atoms in total. The molecule has 0 fully saturated rings. The van der Waals surface area contributed by atoms with Crippen LogP contribution in [0.25, 0.3) is 11.3 Å². The van der Waals surface area contributed by atoms with Gasteiger partial charge in [-0.2, -0.15) is 4.98 Å². The second-order valence-electron chi connectivity index (χ2n) is 9.13. The van der Waals surface area contributed by atoms with Gasteiger partial charge in [0, 0.05) is 34.8 Å². The van der Waals surface area contributed by atoms with Gasteiger partial charge in [0.2, 0.25) is 11.9 Å². The van der Waals surface area contributed by atoms with Crippen LogP contribution < -0.4 is 16.0 Å². The van der Waals surface area contributed by atoms with Gasteiger partial charge in [-0.3, -0.25) is 4.79 Å². The minimum absolute atomic E-state index is 0.111. The summed E-state index contributed by atoms with van der Waals surface area (Å²) in [6.07, 6.45) is 3.84. The first-order valence-electron chi connectivity index (χ1n) is 12.0. The molecule has 0 saturated carbocycles. The number of furan rings is 1. The molecule has 0 bridgehead atoms. The van der Waals surface area contributed by atoms with Crippen LogP contribution in [0.1, 0.15) is 31.4 Å². The molecule has 2 heterocycles. The third kappa shape index (κ3) is 7.97. The van der Waals surface area contributed by atoms with Crippen molar-refractivity contribution in [3.63, 3.8) is 0 Å². The number of carbonyl (C=O) groups is 1. The molecule has 1 atom stereocenters. The first-order chi connectivity index (χ1) is 17.9. The minimum atomic E-state index is -0.486. The smallest absolute Gasteiger partial charge is 0.242 e. The van der Waals surface area contributed by atoms with Gasteiger partial charge in [0.25, 0.3) is 0 Å². The topological polar surface area (TPSA) is 92.1 Å². The number of nitrogens with zero attached hydrogens (tertiary/aromatic N) is 2. The average molecular weight is 538 g/mol. The van der Waals surface area contributed by atoms with Gasteiger partial charge in [0.1, 0.15) is 11.9 Å². The largest absolute Gasteiger partial charge is 0.472 e. The highest BCUT2D eigenvalue weighted by atomic mass is 35.5. The van der Waals surface area contributed by atoms with E-state index in [-0.39, 0.29) is 11.8 Å². The van der Waals surface area contributed by atoms with E-state index in [4.69, 9.17) is 27.6 Å². The van der Waals surface area contributed by atoms with Crippen LogP contribution in [0, 0.1) is 5.92 Å². The molecule has 2 aromatic carbocycles. The van der Waals surface area contributed by atoms with Crippen molar-refractivity contribution in [1.82, 2.24) is 15.3 Å². The molecule has 0 saturated heterocycles. The Balaban J connectivity index is 1.53. The van der Waals surface area contributed by atoms with Gasteiger partial charge >= 0.3 is 0 Å². The number of amides is 1. The summed E-state index contributed by atoms with van der Waals surface area (Å²) in [5.41, 5.74) is 3.45. The van der Waals surface area contributed by atoms with E-state index in [0.717, 1.165) is 16.7 Å². The van der Waals surface area contributed by atoms with Crippen molar-refractivity contribution < 1.29 is 9.21 Å². The van der Waals surface area contributed by atoms with Crippen molar-refractivity contribution in [2.75, 3.05) is 10.6 Å². The predicted molar refractivity (Wildman–Crippen MR) is 149 cm³/mol. The van der Waals surface area contributed by atoms with E-state index in [1.165, 1.54) is 0 Å². The summed E-state index contributed by atoms with van der Waals surface area (Å²) < 4.78 is 5.26. The van der Waals surface area contributed by atoms with Gasteiger partial charge in [-0.15, -0.1) is 0 Å². The number of aromatic nitrogens is 2. The molecule has 4 rings (SSSR count). The number of anilines is 2. The highest BCUT2D eigenvalue weighted by Crippen LogP contribution is 2.24. The van der Waals surface area contributed by atoms with Crippen molar-refractivity contribution in [1.29, 1.82) is 0 Å². The molecule has 192 valence electrons. The minimum Gasteiger partial charge on any atom is -0.472 e. The number of carbonyl (C=O) groups excluding carboxylic acids is 1. The van der Waals surface area contributed by atoms with Gasteiger partial charge in [-0.25, -0.2) is 4.98 Å². The number of hydrogen-bond donors (Lipinski definition) is 3. The van der Waals surface area contributed by atoms with Gasteiger partial charge in [-0.05, 0) is 53.8 Å². The standard InChI is InChI=1S/C28H29Cl2N5O2/c1-18(2)12-25(27(36)31-15-19-6-8-22(29)9-7-19)33-26-14-24(21-10-11-37-17-21)34-28(35-26)32-16-20-4-3-5-23(30)13-20/h3-11,13-14,17-18,25H,12,15-16H2,1-2H3,(H,31,36)(H2,32,33,34,35)/t25-/m1/s1. The Kier molecular flexibility index (Phi) is 9.04.